The van der Waals surface area contributed by atoms with E-state index in [2.05, 4.69) is 31.6 Å². The molecular formula is C15H19NO. The van der Waals surface area contributed by atoms with E-state index in [4.69, 9.17) is 11.2 Å². The van der Waals surface area contributed by atoms with Crippen molar-refractivity contribution in [3.63, 3.8) is 0 Å². The number of likely N-dealkylation sites (tertiary alicyclic amines) is 1. The van der Waals surface area contributed by atoms with Gasteiger partial charge in [0.2, 0.25) is 0 Å². The van der Waals surface area contributed by atoms with Crippen LogP contribution in [-0.4, -0.2) is 29.6 Å². The molecule has 1 fully saturated rings. The Morgan fingerprint density at radius 3 is 2.35 bits per heavy atom. The predicted molar refractivity (Wildman–Crippen MR) is 70.1 cm³/mol. The van der Waals surface area contributed by atoms with Gasteiger partial charge in [-0.1, -0.05) is 5.92 Å². The molecule has 17 heavy (non-hydrogen) atoms. The zero-order chi connectivity index (χ0) is 12.5. The second-order valence-electron chi connectivity index (χ2n) is 5.22. The highest BCUT2D eigenvalue weighted by atomic mass is 16.5. The SMILES string of the molecule is C#Cc1ccc(OC2(C)CN(C(C)C)C2)cc1. The van der Waals surface area contributed by atoms with Crippen LogP contribution in [0.3, 0.4) is 0 Å². The van der Waals surface area contributed by atoms with Crippen LogP contribution in [0.1, 0.15) is 26.3 Å². The summed E-state index contributed by atoms with van der Waals surface area (Å²) in [4.78, 5) is 2.40. The first-order valence-electron chi connectivity index (χ1n) is 6.02. The molecule has 0 unspecified atom stereocenters. The zero-order valence-electron chi connectivity index (χ0n) is 10.7. The van der Waals surface area contributed by atoms with Crippen LogP contribution in [0, 0.1) is 12.3 Å². The van der Waals surface area contributed by atoms with E-state index in [1.807, 2.05) is 24.3 Å². The maximum atomic E-state index is 6.01. The predicted octanol–water partition coefficient (Wildman–Crippen LogP) is 2.53. The van der Waals surface area contributed by atoms with Crippen molar-refractivity contribution in [3.8, 4) is 18.1 Å². The zero-order valence-corrected chi connectivity index (χ0v) is 10.7. The average Bonchev–Trinajstić information content (AvgIpc) is 2.26. The molecular weight excluding hydrogens is 210 g/mol. The van der Waals surface area contributed by atoms with Crippen molar-refractivity contribution < 1.29 is 4.74 Å². The van der Waals surface area contributed by atoms with Gasteiger partial charge in [0.05, 0.1) is 0 Å². The number of hydrogen-bond donors (Lipinski definition) is 0. The second kappa shape index (κ2) is 4.43. The monoisotopic (exact) mass is 229 g/mol. The van der Waals surface area contributed by atoms with Gasteiger partial charge in [-0.25, -0.2) is 0 Å². The lowest BCUT2D eigenvalue weighted by atomic mass is 9.94. The minimum Gasteiger partial charge on any atom is -0.485 e. The van der Waals surface area contributed by atoms with E-state index in [0.29, 0.717) is 6.04 Å². The molecule has 2 rings (SSSR count). The van der Waals surface area contributed by atoms with Gasteiger partial charge in [0, 0.05) is 24.7 Å². The molecule has 1 heterocycles. The van der Waals surface area contributed by atoms with Crippen LogP contribution in [0.4, 0.5) is 0 Å². The third-order valence-electron chi connectivity index (χ3n) is 3.19. The molecule has 1 saturated heterocycles. The largest absolute Gasteiger partial charge is 0.485 e. The van der Waals surface area contributed by atoms with Crippen LogP contribution >= 0.6 is 0 Å². The highest BCUT2D eigenvalue weighted by molar-refractivity contribution is 5.37. The van der Waals surface area contributed by atoms with Gasteiger partial charge in [-0.3, -0.25) is 4.90 Å². The summed E-state index contributed by atoms with van der Waals surface area (Å²) in [7, 11) is 0. The minimum absolute atomic E-state index is 0.0536. The van der Waals surface area contributed by atoms with Gasteiger partial charge in [0.15, 0.2) is 0 Å². The summed E-state index contributed by atoms with van der Waals surface area (Å²) in [5, 5.41) is 0. The van der Waals surface area contributed by atoms with Gasteiger partial charge >= 0.3 is 0 Å². The quantitative estimate of drug-likeness (QED) is 0.738. The van der Waals surface area contributed by atoms with E-state index in [-0.39, 0.29) is 5.60 Å². The molecule has 0 atom stereocenters. The summed E-state index contributed by atoms with van der Waals surface area (Å²) in [5.41, 5.74) is 0.835. The maximum absolute atomic E-state index is 6.01. The van der Waals surface area contributed by atoms with Crippen molar-refractivity contribution in [1.29, 1.82) is 0 Å². The molecule has 1 aromatic carbocycles. The Hall–Kier alpha value is -1.46. The Morgan fingerprint density at radius 1 is 1.29 bits per heavy atom. The topological polar surface area (TPSA) is 12.5 Å². The molecule has 90 valence electrons. The van der Waals surface area contributed by atoms with E-state index in [1.165, 1.54) is 0 Å². The van der Waals surface area contributed by atoms with Crippen LogP contribution < -0.4 is 4.74 Å². The summed E-state index contributed by atoms with van der Waals surface area (Å²) in [6.07, 6.45) is 5.32. The molecule has 0 N–H and O–H groups in total. The van der Waals surface area contributed by atoms with Crippen LogP contribution in [0.5, 0.6) is 5.75 Å². The number of nitrogens with zero attached hydrogens (tertiary/aromatic N) is 1. The van der Waals surface area contributed by atoms with Crippen molar-refractivity contribution >= 4 is 0 Å². The molecule has 0 aromatic heterocycles. The van der Waals surface area contributed by atoms with Crippen molar-refractivity contribution in [3.05, 3.63) is 29.8 Å². The highest BCUT2D eigenvalue weighted by Crippen LogP contribution is 2.28. The molecule has 0 radical (unpaired) electrons. The molecule has 2 nitrogen and oxygen atoms in total. The normalized spacial score (nSPS) is 18.5. The van der Waals surface area contributed by atoms with E-state index in [0.717, 1.165) is 24.4 Å². The first kappa shape index (κ1) is 12.0. The fourth-order valence-electron chi connectivity index (χ4n) is 2.15. The Morgan fingerprint density at radius 2 is 1.88 bits per heavy atom. The van der Waals surface area contributed by atoms with Gasteiger partial charge in [-0.2, -0.15) is 0 Å². The number of rotatable bonds is 3. The third kappa shape index (κ3) is 2.62. The van der Waals surface area contributed by atoms with Gasteiger partial charge in [-0.15, -0.1) is 6.42 Å². The average molecular weight is 229 g/mol. The van der Waals surface area contributed by atoms with Crippen LogP contribution in [0.2, 0.25) is 0 Å². The number of benzene rings is 1. The lowest BCUT2D eigenvalue weighted by molar-refractivity contribution is -0.0775. The van der Waals surface area contributed by atoms with Crippen molar-refractivity contribution in [2.75, 3.05) is 13.1 Å². The molecule has 0 spiro atoms. The molecule has 0 amide bonds. The Kier molecular flexibility index (Phi) is 3.13. The van der Waals surface area contributed by atoms with Gasteiger partial charge in [-0.05, 0) is 45.0 Å². The van der Waals surface area contributed by atoms with Gasteiger partial charge < -0.3 is 4.74 Å². The fraction of sp³-hybridized carbons (Fsp3) is 0.467. The van der Waals surface area contributed by atoms with E-state index in [9.17, 15) is 0 Å². The lowest BCUT2D eigenvalue weighted by Crippen LogP contribution is -2.64. The molecule has 0 bridgehead atoms. The Labute approximate surface area is 104 Å². The van der Waals surface area contributed by atoms with Crippen molar-refractivity contribution in [2.45, 2.75) is 32.4 Å². The van der Waals surface area contributed by atoms with Gasteiger partial charge in [0.25, 0.3) is 0 Å². The standard InChI is InChI=1S/C15H19NO/c1-5-13-6-8-14(9-7-13)17-15(4)10-16(11-15)12(2)3/h1,6-9,12H,10-11H2,2-4H3. The number of hydrogen-bond acceptors (Lipinski definition) is 2. The van der Waals surface area contributed by atoms with E-state index >= 15 is 0 Å². The molecule has 1 aromatic rings. The van der Waals surface area contributed by atoms with Crippen LogP contribution in [0.15, 0.2) is 24.3 Å². The maximum Gasteiger partial charge on any atom is 0.131 e. The highest BCUT2D eigenvalue weighted by Gasteiger charge is 2.41. The lowest BCUT2D eigenvalue weighted by Gasteiger charge is -2.49. The van der Waals surface area contributed by atoms with E-state index < -0.39 is 0 Å². The summed E-state index contributed by atoms with van der Waals surface area (Å²) < 4.78 is 6.01. The molecule has 0 saturated carbocycles. The first-order chi connectivity index (χ1) is 8.02. The Bertz CT molecular complexity index is 421. The molecule has 1 aliphatic rings. The summed E-state index contributed by atoms with van der Waals surface area (Å²) >= 11 is 0. The minimum atomic E-state index is -0.0536. The molecule has 2 heteroatoms. The molecule has 0 aliphatic carbocycles. The van der Waals surface area contributed by atoms with Crippen molar-refractivity contribution in [2.24, 2.45) is 0 Å². The Balaban J connectivity index is 1.96. The summed E-state index contributed by atoms with van der Waals surface area (Å²) in [6, 6.07) is 8.31. The van der Waals surface area contributed by atoms with Crippen molar-refractivity contribution in [1.82, 2.24) is 4.90 Å². The van der Waals surface area contributed by atoms with E-state index in [1.54, 1.807) is 0 Å². The molecule has 1 aliphatic heterocycles. The third-order valence-corrected chi connectivity index (χ3v) is 3.19. The fourth-order valence-corrected chi connectivity index (χ4v) is 2.15. The summed E-state index contributed by atoms with van der Waals surface area (Å²) in [5.74, 6) is 3.50. The van der Waals surface area contributed by atoms with Crippen LogP contribution in [-0.2, 0) is 0 Å². The van der Waals surface area contributed by atoms with Crippen LogP contribution in [0.25, 0.3) is 0 Å². The number of ether oxygens (including phenoxy) is 1. The smallest absolute Gasteiger partial charge is 0.131 e. The number of terminal acetylenes is 1. The second-order valence-corrected chi connectivity index (χ2v) is 5.22. The summed E-state index contributed by atoms with van der Waals surface area (Å²) in [6.45, 7) is 8.55. The van der Waals surface area contributed by atoms with Gasteiger partial charge in [0.1, 0.15) is 11.4 Å². The first-order valence-corrected chi connectivity index (χ1v) is 6.02.